The van der Waals surface area contributed by atoms with Crippen molar-refractivity contribution in [1.29, 1.82) is 0 Å². The van der Waals surface area contributed by atoms with E-state index in [9.17, 15) is 0 Å². The third kappa shape index (κ3) is 2.84. The van der Waals surface area contributed by atoms with E-state index in [1.54, 1.807) is 6.26 Å². The first-order valence-corrected chi connectivity index (χ1v) is 4.91. The maximum atomic E-state index is 4.85. The van der Waals surface area contributed by atoms with Gasteiger partial charge < -0.3 is 9.84 Å². The number of rotatable bonds is 5. The molecule has 0 aromatic carbocycles. The van der Waals surface area contributed by atoms with Crippen molar-refractivity contribution >= 4 is 0 Å². The fourth-order valence-electron chi connectivity index (χ4n) is 1.30. The number of aryl methyl sites for hydroxylation is 1. The summed E-state index contributed by atoms with van der Waals surface area (Å²) in [7, 11) is 0. The van der Waals surface area contributed by atoms with Gasteiger partial charge in [-0.15, -0.1) is 0 Å². The minimum absolute atomic E-state index is 0.594. The van der Waals surface area contributed by atoms with E-state index in [0.717, 1.165) is 30.6 Å². The lowest BCUT2D eigenvalue weighted by Gasteiger charge is -2.13. The first kappa shape index (κ1) is 10.3. The lowest BCUT2D eigenvalue weighted by Crippen LogP contribution is -2.27. The Morgan fingerprint density at radius 3 is 2.62 bits per heavy atom. The van der Waals surface area contributed by atoms with E-state index in [0.29, 0.717) is 6.04 Å². The van der Waals surface area contributed by atoms with Gasteiger partial charge in [-0.3, -0.25) is 0 Å². The summed E-state index contributed by atoms with van der Waals surface area (Å²) in [6.45, 7) is 7.21. The topological polar surface area (TPSA) is 38.1 Å². The first-order valence-electron chi connectivity index (χ1n) is 4.91. The summed E-state index contributed by atoms with van der Waals surface area (Å²) in [4.78, 5) is 0. The SMILES string of the molecule is CCC(CC)NCc1nocc1C. The predicted molar refractivity (Wildman–Crippen MR) is 52.4 cm³/mol. The van der Waals surface area contributed by atoms with Crippen molar-refractivity contribution in [2.24, 2.45) is 0 Å². The molecule has 0 saturated carbocycles. The molecule has 13 heavy (non-hydrogen) atoms. The number of nitrogens with one attached hydrogen (secondary N) is 1. The predicted octanol–water partition coefficient (Wildman–Crippen LogP) is 2.26. The van der Waals surface area contributed by atoms with Crippen LogP contribution in [-0.4, -0.2) is 11.2 Å². The maximum Gasteiger partial charge on any atom is 0.127 e. The Morgan fingerprint density at radius 1 is 1.46 bits per heavy atom. The second-order valence-corrected chi connectivity index (χ2v) is 3.34. The van der Waals surface area contributed by atoms with Gasteiger partial charge >= 0.3 is 0 Å². The van der Waals surface area contributed by atoms with Crippen LogP contribution in [0, 0.1) is 6.92 Å². The third-order valence-corrected chi connectivity index (χ3v) is 2.39. The Balaban J connectivity index is 2.38. The molecule has 1 heterocycles. The van der Waals surface area contributed by atoms with Crippen LogP contribution < -0.4 is 5.32 Å². The Kier molecular flexibility index (Phi) is 3.96. The highest BCUT2D eigenvalue weighted by molar-refractivity contribution is 5.11. The second-order valence-electron chi connectivity index (χ2n) is 3.34. The summed E-state index contributed by atoms with van der Waals surface area (Å²) in [5, 5.41) is 7.36. The van der Waals surface area contributed by atoms with Crippen molar-refractivity contribution in [3.05, 3.63) is 17.5 Å². The van der Waals surface area contributed by atoms with Gasteiger partial charge in [-0.2, -0.15) is 0 Å². The molecular weight excluding hydrogens is 164 g/mol. The summed E-state index contributed by atoms with van der Waals surface area (Å²) < 4.78 is 4.85. The monoisotopic (exact) mass is 182 g/mol. The Hall–Kier alpha value is -0.830. The van der Waals surface area contributed by atoms with Crippen LogP contribution in [0.4, 0.5) is 0 Å². The molecule has 0 spiro atoms. The summed E-state index contributed by atoms with van der Waals surface area (Å²) >= 11 is 0. The fraction of sp³-hybridized carbons (Fsp3) is 0.700. The molecule has 0 atom stereocenters. The molecule has 0 aliphatic carbocycles. The van der Waals surface area contributed by atoms with Gasteiger partial charge in [0, 0.05) is 18.2 Å². The van der Waals surface area contributed by atoms with E-state index in [2.05, 4.69) is 24.3 Å². The van der Waals surface area contributed by atoms with Gasteiger partial charge in [0.2, 0.25) is 0 Å². The molecule has 1 aromatic rings. The van der Waals surface area contributed by atoms with Gasteiger partial charge in [0.1, 0.15) is 12.0 Å². The normalized spacial score (nSPS) is 11.1. The molecule has 0 bridgehead atoms. The summed E-state index contributed by atoms with van der Waals surface area (Å²) in [6.07, 6.45) is 4.00. The summed E-state index contributed by atoms with van der Waals surface area (Å²) in [5.41, 5.74) is 2.14. The van der Waals surface area contributed by atoms with Crippen molar-refractivity contribution in [3.63, 3.8) is 0 Å². The van der Waals surface area contributed by atoms with Gasteiger partial charge in [0.05, 0.1) is 0 Å². The van der Waals surface area contributed by atoms with E-state index < -0.39 is 0 Å². The molecule has 0 saturated heterocycles. The molecule has 74 valence electrons. The number of nitrogens with zero attached hydrogens (tertiary/aromatic N) is 1. The smallest absolute Gasteiger partial charge is 0.127 e. The average Bonchev–Trinajstić information content (AvgIpc) is 2.54. The van der Waals surface area contributed by atoms with E-state index >= 15 is 0 Å². The molecule has 0 unspecified atom stereocenters. The van der Waals surface area contributed by atoms with Crippen molar-refractivity contribution in [2.45, 2.75) is 46.2 Å². The van der Waals surface area contributed by atoms with Crippen LogP contribution in [0.25, 0.3) is 0 Å². The van der Waals surface area contributed by atoms with Crippen molar-refractivity contribution in [3.8, 4) is 0 Å². The average molecular weight is 182 g/mol. The van der Waals surface area contributed by atoms with Gasteiger partial charge in [-0.25, -0.2) is 0 Å². The molecule has 1 N–H and O–H groups in total. The molecular formula is C10H18N2O. The Morgan fingerprint density at radius 2 is 2.15 bits per heavy atom. The zero-order valence-electron chi connectivity index (χ0n) is 8.63. The molecule has 1 rings (SSSR count). The van der Waals surface area contributed by atoms with Crippen LogP contribution in [0.2, 0.25) is 0 Å². The van der Waals surface area contributed by atoms with E-state index in [-0.39, 0.29) is 0 Å². The standard InChI is InChI=1S/C10H18N2O/c1-4-9(5-2)11-6-10-8(3)7-13-12-10/h7,9,11H,4-6H2,1-3H3. The molecule has 3 nitrogen and oxygen atoms in total. The highest BCUT2D eigenvalue weighted by Crippen LogP contribution is 2.05. The van der Waals surface area contributed by atoms with Crippen LogP contribution in [0.15, 0.2) is 10.8 Å². The molecule has 0 fully saturated rings. The highest BCUT2D eigenvalue weighted by Gasteiger charge is 2.06. The molecule has 0 radical (unpaired) electrons. The summed E-state index contributed by atoms with van der Waals surface area (Å²) in [5.74, 6) is 0. The van der Waals surface area contributed by atoms with Gasteiger partial charge in [-0.05, 0) is 19.8 Å². The van der Waals surface area contributed by atoms with Crippen molar-refractivity contribution in [2.75, 3.05) is 0 Å². The van der Waals surface area contributed by atoms with E-state index in [1.165, 1.54) is 0 Å². The van der Waals surface area contributed by atoms with Crippen molar-refractivity contribution < 1.29 is 4.52 Å². The van der Waals surface area contributed by atoms with Crippen LogP contribution in [-0.2, 0) is 6.54 Å². The maximum absolute atomic E-state index is 4.85. The molecule has 0 aliphatic heterocycles. The fourth-order valence-corrected chi connectivity index (χ4v) is 1.30. The summed E-state index contributed by atoms with van der Waals surface area (Å²) in [6, 6.07) is 0.594. The number of hydrogen-bond donors (Lipinski definition) is 1. The minimum Gasteiger partial charge on any atom is -0.364 e. The van der Waals surface area contributed by atoms with Crippen molar-refractivity contribution in [1.82, 2.24) is 10.5 Å². The lowest BCUT2D eigenvalue weighted by atomic mass is 10.1. The van der Waals surface area contributed by atoms with E-state index in [4.69, 9.17) is 4.52 Å². The highest BCUT2D eigenvalue weighted by atomic mass is 16.5. The number of aromatic nitrogens is 1. The first-order chi connectivity index (χ1) is 6.27. The largest absolute Gasteiger partial charge is 0.364 e. The van der Waals surface area contributed by atoms with Crippen LogP contribution >= 0.6 is 0 Å². The third-order valence-electron chi connectivity index (χ3n) is 2.39. The van der Waals surface area contributed by atoms with Crippen LogP contribution in [0.5, 0.6) is 0 Å². The zero-order chi connectivity index (χ0) is 9.68. The number of hydrogen-bond acceptors (Lipinski definition) is 3. The second kappa shape index (κ2) is 5.02. The lowest BCUT2D eigenvalue weighted by molar-refractivity contribution is 0.401. The quantitative estimate of drug-likeness (QED) is 0.759. The van der Waals surface area contributed by atoms with Gasteiger partial charge in [0.25, 0.3) is 0 Å². The molecule has 0 aliphatic rings. The molecule has 3 heteroatoms. The Bertz CT molecular complexity index is 241. The van der Waals surface area contributed by atoms with Gasteiger partial charge in [-0.1, -0.05) is 19.0 Å². The van der Waals surface area contributed by atoms with E-state index in [1.807, 2.05) is 6.92 Å². The zero-order valence-corrected chi connectivity index (χ0v) is 8.63. The van der Waals surface area contributed by atoms with Gasteiger partial charge in [0.15, 0.2) is 0 Å². The van der Waals surface area contributed by atoms with Crippen LogP contribution in [0.3, 0.4) is 0 Å². The minimum atomic E-state index is 0.594. The molecule has 0 amide bonds. The molecule has 1 aromatic heterocycles. The Labute approximate surface area is 79.5 Å². The van der Waals surface area contributed by atoms with Crippen LogP contribution in [0.1, 0.15) is 37.9 Å².